The molecule has 24 heavy (non-hydrogen) atoms. The van der Waals surface area contributed by atoms with E-state index in [0.717, 1.165) is 11.1 Å². The fourth-order valence-corrected chi connectivity index (χ4v) is 3.46. The molecule has 0 unspecified atom stereocenters. The molecule has 2 aromatic carbocycles. The molecular formula is C19H21NO3S. The lowest BCUT2D eigenvalue weighted by molar-refractivity contribution is -0.113. The number of ketones is 1. The number of sulfonamides is 1. The number of benzene rings is 2. The Labute approximate surface area is 143 Å². The van der Waals surface area contributed by atoms with E-state index < -0.39 is 16.1 Å². The number of carbonyl (C=O) groups excluding carboxylic acids is 1. The molecule has 0 fully saturated rings. The van der Waals surface area contributed by atoms with Crippen molar-refractivity contribution in [1.29, 1.82) is 0 Å². The van der Waals surface area contributed by atoms with Crippen LogP contribution in [0.5, 0.6) is 0 Å². The van der Waals surface area contributed by atoms with Gasteiger partial charge in [0, 0.05) is 5.57 Å². The van der Waals surface area contributed by atoms with Gasteiger partial charge in [0.2, 0.25) is 10.0 Å². The van der Waals surface area contributed by atoms with E-state index in [1.807, 2.05) is 26.0 Å². The van der Waals surface area contributed by atoms with Crippen molar-refractivity contribution in [2.45, 2.75) is 31.7 Å². The summed E-state index contributed by atoms with van der Waals surface area (Å²) in [5.74, 6) is -0.257. The molecule has 0 aliphatic carbocycles. The standard InChI is InChI=1S/C19H21NO3S/c1-13-5-9-17(10-6-13)19(15(3)16(4)21)20-24(22,23)18-11-7-14(2)8-12-18/h5-12,19-20H,3H2,1-2,4H3/t19-/m1/s1. The van der Waals surface area contributed by atoms with E-state index in [0.29, 0.717) is 5.56 Å². The summed E-state index contributed by atoms with van der Waals surface area (Å²) in [5.41, 5.74) is 2.90. The number of Topliss-reactive ketones (excluding diaryl/α,β-unsaturated/α-hetero) is 1. The molecule has 2 aromatic rings. The zero-order chi connectivity index (χ0) is 17.9. The van der Waals surface area contributed by atoms with Crippen molar-refractivity contribution in [3.8, 4) is 0 Å². The maximum Gasteiger partial charge on any atom is 0.241 e. The van der Waals surface area contributed by atoms with E-state index in [1.165, 1.54) is 6.92 Å². The van der Waals surface area contributed by atoms with Crippen molar-refractivity contribution in [2.75, 3.05) is 0 Å². The lowest BCUT2D eigenvalue weighted by atomic mass is 9.97. The molecule has 0 spiro atoms. The Morgan fingerprint density at radius 3 is 1.88 bits per heavy atom. The number of hydrogen-bond donors (Lipinski definition) is 1. The minimum atomic E-state index is -3.78. The van der Waals surface area contributed by atoms with Gasteiger partial charge in [-0.15, -0.1) is 0 Å². The van der Waals surface area contributed by atoms with Crippen molar-refractivity contribution < 1.29 is 13.2 Å². The summed E-state index contributed by atoms with van der Waals surface area (Å²) >= 11 is 0. The summed E-state index contributed by atoms with van der Waals surface area (Å²) in [7, 11) is -3.78. The van der Waals surface area contributed by atoms with Gasteiger partial charge in [-0.25, -0.2) is 8.42 Å². The lowest BCUT2D eigenvalue weighted by Crippen LogP contribution is -2.31. The molecule has 0 heterocycles. The van der Waals surface area contributed by atoms with Gasteiger partial charge < -0.3 is 0 Å². The van der Waals surface area contributed by atoms with Crippen LogP contribution in [-0.4, -0.2) is 14.2 Å². The number of aryl methyl sites for hydroxylation is 2. The van der Waals surface area contributed by atoms with Crippen LogP contribution < -0.4 is 4.72 Å². The van der Waals surface area contributed by atoms with Gasteiger partial charge in [-0.2, -0.15) is 4.72 Å². The molecule has 4 nitrogen and oxygen atoms in total. The van der Waals surface area contributed by atoms with Gasteiger partial charge in [0.05, 0.1) is 10.9 Å². The van der Waals surface area contributed by atoms with E-state index in [4.69, 9.17) is 0 Å². The Kier molecular flexibility index (Phi) is 5.36. The van der Waals surface area contributed by atoms with Crippen LogP contribution in [-0.2, 0) is 14.8 Å². The van der Waals surface area contributed by atoms with E-state index in [2.05, 4.69) is 11.3 Å². The van der Waals surface area contributed by atoms with Gasteiger partial charge in [-0.05, 0) is 38.5 Å². The first kappa shape index (κ1) is 18.1. The molecule has 126 valence electrons. The highest BCUT2D eigenvalue weighted by Crippen LogP contribution is 2.24. The first-order chi connectivity index (χ1) is 11.2. The zero-order valence-corrected chi connectivity index (χ0v) is 14.9. The molecular weight excluding hydrogens is 322 g/mol. The van der Waals surface area contributed by atoms with E-state index in [1.54, 1.807) is 36.4 Å². The maximum absolute atomic E-state index is 12.7. The molecule has 1 N–H and O–H groups in total. The average Bonchev–Trinajstić information content (AvgIpc) is 2.53. The number of hydrogen-bond acceptors (Lipinski definition) is 3. The molecule has 0 aromatic heterocycles. The number of carbonyl (C=O) groups is 1. The first-order valence-corrected chi connectivity index (χ1v) is 9.04. The maximum atomic E-state index is 12.7. The minimum absolute atomic E-state index is 0.154. The molecule has 0 saturated carbocycles. The Hall–Kier alpha value is -2.24. The van der Waals surface area contributed by atoms with Crippen LogP contribution in [0.1, 0.15) is 29.7 Å². The predicted molar refractivity (Wildman–Crippen MR) is 95.2 cm³/mol. The smallest absolute Gasteiger partial charge is 0.241 e. The Morgan fingerprint density at radius 1 is 0.958 bits per heavy atom. The second-order valence-electron chi connectivity index (χ2n) is 5.86. The van der Waals surface area contributed by atoms with E-state index in [-0.39, 0.29) is 16.3 Å². The van der Waals surface area contributed by atoms with Crippen LogP contribution >= 0.6 is 0 Å². The highest BCUT2D eigenvalue weighted by Gasteiger charge is 2.25. The summed E-state index contributed by atoms with van der Waals surface area (Å²) in [5, 5.41) is 0. The minimum Gasteiger partial charge on any atom is -0.295 e. The highest BCUT2D eigenvalue weighted by molar-refractivity contribution is 7.89. The van der Waals surface area contributed by atoms with Crippen molar-refractivity contribution >= 4 is 15.8 Å². The third kappa shape index (κ3) is 4.19. The van der Waals surface area contributed by atoms with Gasteiger partial charge >= 0.3 is 0 Å². The molecule has 0 saturated heterocycles. The van der Waals surface area contributed by atoms with Crippen molar-refractivity contribution in [3.63, 3.8) is 0 Å². The van der Waals surface area contributed by atoms with Crippen LogP contribution in [0.25, 0.3) is 0 Å². The topological polar surface area (TPSA) is 63.2 Å². The number of rotatable bonds is 6. The van der Waals surface area contributed by atoms with Gasteiger partial charge in [-0.3, -0.25) is 4.79 Å². The Morgan fingerprint density at radius 2 is 1.42 bits per heavy atom. The summed E-state index contributed by atoms with van der Waals surface area (Å²) in [6.45, 7) is 8.97. The number of nitrogens with one attached hydrogen (secondary N) is 1. The van der Waals surface area contributed by atoms with E-state index >= 15 is 0 Å². The third-order valence-corrected chi connectivity index (χ3v) is 5.25. The third-order valence-electron chi connectivity index (χ3n) is 3.82. The zero-order valence-electron chi connectivity index (χ0n) is 14.0. The van der Waals surface area contributed by atoms with E-state index in [9.17, 15) is 13.2 Å². The molecule has 5 heteroatoms. The fourth-order valence-electron chi connectivity index (χ4n) is 2.24. The molecule has 0 radical (unpaired) electrons. The monoisotopic (exact) mass is 343 g/mol. The molecule has 1 atom stereocenters. The second kappa shape index (κ2) is 7.11. The molecule has 0 bridgehead atoms. The lowest BCUT2D eigenvalue weighted by Gasteiger charge is -2.20. The molecule has 2 rings (SSSR count). The van der Waals surface area contributed by atoms with Crippen molar-refractivity contribution in [2.24, 2.45) is 0 Å². The quantitative estimate of drug-likeness (QED) is 0.817. The summed E-state index contributed by atoms with van der Waals surface area (Å²) in [6, 6.07) is 13.1. The average molecular weight is 343 g/mol. The van der Waals surface area contributed by atoms with Crippen LogP contribution in [0.3, 0.4) is 0 Å². The van der Waals surface area contributed by atoms with Crippen LogP contribution in [0.15, 0.2) is 65.6 Å². The van der Waals surface area contributed by atoms with Crippen LogP contribution in [0.2, 0.25) is 0 Å². The molecule has 0 aliphatic rings. The first-order valence-electron chi connectivity index (χ1n) is 7.56. The highest BCUT2D eigenvalue weighted by atomic mass is 32.2. The summed E-state index contributed by atoms with van der Waals surface area (Å²) in [4.78, 5) is 11.9. The van der Waals surface area contributed by atoms with Gasteiger partial charge in [-0.1, -0.05) is 54.1 Å². The molecule has 0 amide bonds. The Balaban J connectivity index is 2.41. The fraction of sp³-hybridized carbons (Fsp3) is 0.211. The van der Waals surface area contributed by atoms with Gasteiger partial charge in [0.1, 0.15) is 0 Å². The van der Waals surface area contributed by atoms with Crippen LogP contribution in [0.4, 0.5) is 0 Å². The van der Waals surface area contributed by atoms with Crippen molar-refractivity contribution in [1.82, 2.24) is 4.72 Å². The normalized spacial score (nSPS) is 12.6. The van der Waals surface area contributed by atoms with Crippen molar-refractivity contribution in [3.05, 3.63) is 77.4 Å². The summed E-state index contributed by atoms with van der Waals surface area (Å²) in [6.07, 6.45) is 0. The molecule has 0 aliphatic heterocycles. The van der Waals surface area contributed by atoms with Gasteiger partial charge in [0.15, 0.2) is 5.78 Å². The largest absolute Gasteiger partial charge is 0.295 e. The van der Waals surface area contributed by atoms with Crippen LogP contribution in [0, 0.1) is 13.8 Å². The predicted octanol–water partition coefficient (Wildman–Crippen LogP) is 3.47. The summed E-state index contributed by atoms with van der Waals surface area (Å²) < 4.78 is 27.9. The Bertz CT molecular complexity index is 850. The second-order valence-corrected chi connectivity index (χ2v) is 7.57. The van der Waals surface area contributed by atoms with Gasteiger partial charge in [0.25, 0.3) is 0 Å². The SMILES string of the molecule is C=C(C(C)=O)[C@@H](NS(=O)(=O)c1ccc(C)cc1)c1ccc(C)cc1.